The fraction of sp³-hybridized carbons (Fsp3) is 0.387. The zero-order valence-corrected chi connectivity index (χ0v) is 22.0. The van der Waals surface area contributed by atoms with Crippen LogP contribution in [-0.4, -0.2) is 47.5 Å². The monoisotopic (exact) mass is 540 g/mol. The van der Waals surface area contributed by atoms with Gasteiger partial charge in [-0.2, -0.15) is 8.78 Å². The van der Waals surface area contributed by atoms with Crippen molar-refractivity contribution >= 4 is 5.78 Å². The van der Waals surface area contributed by atoms with Gasteiger partial charge in [0.25, 0.3) is 0 Å². The van der Waals surface area contributed by atoms with E-state index >= 15 is 8.78 Å². The van der Waals surface area contributed by atoms with Gasteiger partial charge in [-0.05, 0) is 16.7 Å². The Labute approximate surface area is 227 Å². The van der Waals surface area contributed by atoms with Gasteiger partial charge in [0.1, 0.15) is 12.2 Å². The number of aliphatic hydroxyl groups is 1. The van der Waals surface area contributed by atoms with Gasteiger partial charge in [-0.15, -0.1) is 0 Å². The minimum atomic E-state index is -4.19. The van der Waals surface area contributed by atoms with Gasteiger partial charge in [-0.25, -0.2) is 0 Å². The van der Waals surface area contributed by atoms with Crippen LogP contribution in [0.3, 0.4) is 0 Å². The highest BCUT2D eigenvalue weighted by molar-refractivity contribution is 5.84. The predicted octanol–water partition coefficient (Wildman–Crippen LogP) is 5.32. The van der Waals surface area contributed by atoms with Crippen molar-refractivity contribution in [2.75, 3.05) is 6.61 Å². The number of ether oxygens (including phenoxy) is 4. The zero-order chi connectivity index (χ0) is 27.9. The van der Waals surface area contributed by atoms with Crippen molar-refractivity contribution in [1.29, 1.82) is 0 Å². The number of hydrogen-bond acceptors (Lipinski definition) is 6. The molecule has 1 heterocycles. The van der Waals surface area contributed by atoms with Gasteiger partial charge in [0.2, 0.25) is 11.6 Å². The summed E-state index contributed by atoms with van der Waals surface area (Å²) in [5, 5.41) is 11.3. The van der Waals surface area contributed by atoms with E-state index in [9.17, 15) is 9.90 Å². The standard InChI is InChI=1S/C31H34F2O6/c1-22-28(37-19-25-14-8-4-9-15-25)29(38-20-26-16-10-5-11-17-26)27(21-36-18-24-12-6-3-7-13-24)39-31(22,35)30(32,33)23(2)34/h3-17,22,27-29,35H,18-21H2,1-2H3/t22-,27-,28-,29-,31?/m1/s1. The number of alkyl halides is 2. The van der Waals surface area contributed by atoms with Gasteiger partial charge in [-0.3, -0.25) is 4.79 Å². The molecule has 0 spiro atoms. The number of benzene rings is 3. The molecule has 3 aromatic carbocycles. The van der Waals surface area contributed by atoms with E-state index in [-0.39, 0.29) is 26.4 Å². The lowest BCUT2D eigenvalue weighted by Gasteiger charge is -2.51. The van der Waals surface area contributed by atoms with Crippen molar-refractivity contribution in [1.82, 2.24) is 0 Å². The first-order chi connectivity index (χ1) is 18.7. The molecular formula is C31H34F2O6. The predicted molar refractivity (Wildman–Crippen MR) is 141 cm³/mol. The van der Waals surface area contributed by atoms with E-state index in [4.69, 9.17) is 18.9 Å². The van der Waals surface area contributed by atoms with Gasteiger partial charge in [0, 0.05) is 12.8 Å². The lowest BCUT2D eigenvalue weighted by atomic mass is 9.81. The number of carbonyl (C=O) groups is 1. The largest absolute Gasteiger partial charge is 0.374 e. The normalized spacial score (nSPS) is 25.4. The number of rotatable bonds is 12. The van der Waals surface area contributed by atoms with Crippen molar-refractivity contribution in [3.05, 3.63) is 108 Å². The summed E-state index contributed by atoms with van der Waals surface area (Å²) in [7, 11) is 0. The first-order valence-corrected chi connectivity index (χ1v) is 12.9. The van der Waals surface area contributed by atoms with Crippen molar-refractivity contribution in [2.45, 2.75) is 63.7 Å². The Hall–Kier alpha value is -3.01. The molecule has 3 aromatic rings. The summed E-state index contributed by atoms with van der Waals surface area (Å²) in [4.78, 5) is 12.0. The summed E-state index contributed by atoms with van der Waals surface area (Å²) in [6.45, 7) is 2.37. The Morgan fingerprint density at radius 2 is 1.26 bits per heavy atom. The molecule has 1 fully saturated rings. The van der Waals surface area contributed by atoms with Crippen molar-refractivity contribution in [3.63, 3.8) is 0 Å². The third-order valence-corrected chi connectivity index (χ3v) is 6.99. The Bertz CT molecular complexity index is 1180. The Kier molecular flexibility index (Phi) is 9.58. The SMILES string of the molecule is CC(=O)C(F)(F)C1(O)O[C@H](COCc2ccccc2)[C@@H](OCc2ccccc2)[C@H](OCc2ccccc2)[C@H]1C. The summed E-state index contributed by atoms with van der Waals surface area (Å²) in [5.41, 5.74) is 2.56. The van der Waals surface area contributed by atoms with Gasteiger partial charge in [0.15, 0.2) is 0 Å². The molecule has 0 aliphatic carbocycles. The number of halogens is 2. The van der Waals surface area contributed by atoms with Crippen LogP contribution in [0.1, 0.15) is 30.5 Å². The molecule has 6 nitrogen and oxygen atoms in total. The van der Waals surface area contributed by atoms with E-state index in [0.717, 1.165) is 23.6 Å². The molecule has 0 amide bonds. The molecule has 4 rings (SSSR count). The fourth-order valence-electron chi connectivity index (χ4n) is 4.71. The smallest absolute Gasteiger partial charge is 0.357 e. The number of ketones is 1. The average Bonchev–Trinajstić information content (AvgIpc) is 2.95. The first kappa shape index (κ1) is 29.0. The fourth-order valence-corrected chi connectivity index (χ4v) is 4.71. The molecule has 1 aliphatic rings. The summed E-state index contributed by atoms with van der Waals surface area (Å²) in [6, 6.07) is 28.0. The second kappa shape index (κ2) is 12.9. The van der Waals surface area contributed by atoms with Crippen molar-refractivity contribution in [2.24, 2.45) is 5.92 Å². The van der Waals surface area contributed by atoms with Crippen LogP contribution in [0.15, 0.2) is 91.0 Å². The topological polar surface area (TPSA) is 74.2 Å². The molecule has 1 saturated heterocycles. The molecule has 0 saturated carbocycles. The van der Waals surface area contributed by atoms with Crippen LogP contribution in [0.25, 0.3) is 0 Å². The van der Waals surface area contributed by atoms with E-state index in [1.165, 1.54) is 6.92 Å². The summed E-state index contributed by atoms with van der Waals surface area (Å²) in [5.74, 6) is -10.2. The Morgan fingerprint density at radius 1 is 0.821 bits per heavy atom. The van der Waals surface area contributed by atoms with Crippen LogP contribution in [0, 0.1) is 5.92 Å². The van der Waals surface area contributed by atoms with E-state index in [1.54, 1.807) is 0 Å². The van der Waals surface area contributed by atoms with Crippen LogP contribution in [-0.2, 0) is 43.6 Å². The maximum Gasteiger partial charge on any atom is 0.357 e. The zero-order valence-electron chi connectivity index (χ0n) is 22.0. The minimum Gasteiger partial charge on any atom is -0.374 e. The van der Waals surface area contributed by atoms with Crippen LogP contribution < -0.4 is 0 Å². The van der Waals surface area contributed by atoms with Crippen LogP contribution in [0.5, 0.6) is 0 Å². The van der Waals surface area contributed by atoms with Crippen molar-refractivity contribution in [3.8, 4) is 0 Å². The van der Waals surface area contributed by atoms with Crippen LogP contribution in [0.2, 0.25) is 0 Å². The molecule has 1 N–H and O–H groups in total. The molecule has 0 radical (unpaired) electrons. The number of carbonyl (C=O) groups excluding carboxylic acids is 1. The third kappa shape index (κ3) is 6.77. The Balaban J connectivity index is 1.63. The highest BCUT2D eigenvalue weighted by Crippen LogP contribution is 2.45. The molecular weight excluding hydrogens is 506 g/mol. The van der Waals surface area contributed by atoms with Gasteiger partial charge >= 0.3 is 5.92 Å². The highest BCUT2D eigenvalue weighted by atomic mass is 19.3. The Morgan fingerprint density at radius 3 is 1.72 bits per heavy atom. The molecule has 39 heavy (non-hydrogen) atoms. The molecule has 5 atom stereocenters. The third-order valence-electron chi connectivity index (χ3n) is 6.99. The number of Topliss-reactive ketones (excluding diaryl/α,β-unsaturated/α-hetero) is 1. The maximum atomic E-state index is 15.3. The number of hydrogen-bond donors (Lipinski definition) is 1. The quantitative estimate of drug-likeness (QED) is 0.335. The van der Waals surface area contributed by atoms with Gasteiger partial charge < -0.3 is 24.1 Å². The first-order valence-electron chi connectivity index (χ1n) is 12.9. The molecule has 1 unspecified atom stereocenters. The highest BCUT2D eigenvalue weighted by Gasteiger charge is 2.67. The van der Waals surface area contributed by atoms with E-state index in [0.29, 0.717) is 0 Å². The van der Waals surface area contributed by atoms with Gasteiger partial charge in [-0.1, -0.05) is 97.9 Å². The van der Waals surface area contributed by atoms with E-state index < -0.39 is 41.7 Å². The minimum absolute atomic E-state index is 0.0837. The van der Waals surface area contributed by atoms with Crippen LogP contribution >= 0.6 is 0 Å². The van der Waals surface area contributed by atoms with Crippen LogP contribution in [0.4, 0.5) is 8.78 Å². The van der Waals surface area contributed by atoms with E-state index in [1.807, 2.05) is 91.0 Å². The summed E-state index contributed by atoms with van der Waals surface area (Å²) in [6.07, 6.45) is -3.10. The summed E-state index contributed by atoms with van der Waals surface area (Å²) < 4.78 is 54.5. The molecule has 1 aliphatic heterocycles. The molecule has 8 heteroatoms. The second-order valence-electron chi connectivity index (χ2n) is 9.80. The lowest BCUT2D eigenvalue weighted by molar-refractivity contribution is -0.396. The lowest BCUT2D eigenvalue weighted by Crippen LogP contribution is -2.70. The van der Waals surface area contributed by atoms with E-state index in [2.05, 4.69) is 0 Å². The average molecular weight is 541 g/mol. The van der Waals surface area contributed by atoms with Gasteiger partial charge in [0.05, 0.1) is 32.5 Å². The molecule has 208 valence electrons. The summed E-state index contributed by atoms with van der Waals surface area (Å²) >= 11 is 0. The van der Waals surface area contributed by atoms with Crippen molar-refractivity contribution < 1.29 is 37.6 Å². The second-order valence-corrected chi connectivity index (χ2v) is 9.80. The molecule has 0 aromatic heterocycles. The molecule has 0 bridgehead atoms. The maximum absolute atomic E-state index is 15.3.